The van der Waals surface area contributed by atoms with Gasteiger partial charge in [0.1, 0.15) is 17.8 Å². The van der Waals surface area contributed by atoms with Gasteiger partial charge >= 0.3 is 0 Å². The van der Waals surface area contributed by atoms with Crippen molar-refractivity contribution < 1.29 is 20.1 Å². The van der Waals surface area contributed by atoms with Crippen LogP contribution in [0.4, 0.5) is 0 Å². The smallest absolute Gasteiger partial charge is 0.119 e. The first-order chi connectivity index (χ1) is 5.56. The molecule has 1 heterocycles. The molecule has 1 aliphatic rings. The van der Waals surface area contributed by atoms with E-state index in [2.05, 4.69) is 0 Å². The molecule has 1 rings (SSSR count). The van der Waals surface area contributed by atoms with Crippen LogP contribution in [0.1, 0.15) is 20.3 Å². The van der Waals surface area contributed by atoms with Crippen LogP contribution in [0.2, 0.25) is 0 Å². The molecule has 4 nitrogen and oxygen atoms in total. The summed E-state index contributed by atoms with van der Waals surface area (Å²) in [6, 6.07) is 0. The molecule has 0 spiro atoms. The van der Waals surface area contributed by atoms with E-state index in [1.165, 1.54) is 0 Å². The molecule has 0 amide bonds. The fraction of sp³-hybridized carbons (Fsp3) is 1.00. The number of rotatable bonds is 2. The van der Waals surface area contributed by atoms with Gasteiger partial charge in [-0.25, -0.2) is 0 Å². The van der Waals surface area contributed by atoms with Crippen LogP contribution in [0.5, 0.6) is 0 Å². The maximum atomic E-state index is 9.85. The molecule has 0 aliphatic carbocycles. The third-order valence-corrected chi connectivity index (χ3v) is 2.69. The van der Waals surface area contributed by atoms with Gasteiger partial charge in [0.2, 0.25) is 0 Å². The molecule has 0 radical (unpaired) electrons. The summed E-state index contributed by atoms with van der Waals surface area (Å²) < 4.78 is 5.18. The Labute approximate surface area is 71.8 Å². The first-order valence-corrected chi connectivity index (χ1v) is 4.23. The minimum atomic E-state index is -1.20. The summed E-state index contributed by atoms with van der Waals surface area (Å²) in [7, 11) is 0. The summed E-state index contributed by atoms with van der Waals surface area (Å²) in [5.41, 5.74) is -1.20. The molecular formula is C8H16O4. The van der Waals surface area contributed by atoms with Crippen molar-refractivity contribution in [3.05, 3.63) is 0 Å². The highest BCUT2D eigenvalue weighted by Crippen LogP contribution is 2.33. The molecule has 72 valence electrons. The number of ether oxygens (including phenoxy) is 1. The van der Waals surface area contributed by atoms with E-state index < -0.39 is 23.9 Å². The maximum Gasteiger partial charge on any atom is 0.119 e. The van der Waals surface area contributed by atoms with Crippen LogP contribution in [0.3, 0.4) is 0 Å². The van der Waals surface area contributed by atoms with Gasteiger partial charge in [-0.1, -0.05) is 6.92 Å². The second kappa shape index (κ2) is 3.30. The van der Waals surface area contributed by atoms with Gasteiger partial charge in [-0.05, 0) is 13.3 Å². The van der Waals surface area contributed by atoms with Crippen molar-refractivity contribution in [2.75, 3.05) is 6.61 Å². The largest absolute Gasteiger partial charge is 0.394 e. The predicted octanol–water partition coefficient (Wildman–Crippen LogP) is -0.732. The predicted molar refractivity (Wildman–Crippen MR) is 42.7 cm³/mol. The Balaban J connectivity index is 2.76. The number of hydrogen-bond acceptors (Lipinski definition) is 4. The van der Waals surface area contributed by atoms with Gasteiger partial charge in [0.25, 0.3) is 0 Å². The Hall–Kier alpha value is -0.160. The molecule has 1 fully saturated rings. The lowest BCUT2D eigenvalue weighted by molar-refractivity contribution is -0.0743. The molecule has 3 N–H and O–H groups in total. The highest BCUT2D eigenvalue weighted by Gasteiger charge is 2.51. The highest BCUT2D eigenvalue weighted by atomic mass is 16.6. The lowest BCUT2D eigenvalue weighted by atomic mass is 9.89. The summed E-state index contributed by atoms with van der Waals surface area (Å²) in [6.07, 6.45) is -1.63. The fourth-order valence-corrected chi connectivity index (χ4v) is 1.66. The molecule has 12 heavy (non-hydrogen) atoms. The van der Waals surface area contributed by atoms with E-state index in [0.29, 0.717) is 6.42 Å². The van der Waals surface area contributed by atoms with Crippen molar-refractivity contribution in [1.29, 1.82) is 0 Å². The summed E-state index contributed by atoms with van der Waals surface area (Å²) in [5.74, 6) is 0. The number of hydrogen-bond donors (Lipinski definition) is 3. The first kappa shape index (κ1) is 9.92. The van der Waals surface area contributed by atoms with Crippen molar-refractivity contribution >= 4 is 0 Å². The summed E-state index contributed by atoms with van der Waals surface area (Å²) >= 11 is 0. The Morgan fingerprint density at radius 2 is 2.08 bits per heavy atom. The van der Waals surface area contributed by atoms with Gasteiger partial charge in [-0.15, -0.1) is 0 Å². The molecule has 0 bridgehead atoms. The van der Waals surface area contributed by atoms with Crippen LogP contribution in [0.25, 0.3) is 0 Å². The van der Waals surface area contributed by atoms with E-state index in [0.717, 1.165) is 0 Å². The number of aliphatic hydroxyl groups excluding tert-OH is 2. The van der Waals surface area contributed by atoms with Crippen molar-refractivity contribution in [2.45, 2.75) is 44.2 Å². The van der Waals surface area contributed by atoms with Gasteiger partial charge in [0.05, 0.1) is 12.7 Å². The maximum absolute atomic E-state index is 9.85. The monoisotopic (exact) mass is 176 g/mol. The summed E-state index contributed by atoms with van der Waals surface area (Å²) in [4.78, 5) is 0. The van der Waals surface area contributed by atoms with Gasteiger partial charge in [0, 0.05) is 0 Å². The Kier molecular flexibility index (Phi) is 2.73. The van der Waals surface area contributed by atoms with Crippen LogP contribution < -0.4 is 0 Å². The average molecular weight is 176 g/mol. The third-order valence-electron chi connectivity index (χ3n) is 2.69. The van der Waals surface area contributed by atoms with Gasteiger partial charge in [-0.3, -0.25) is 0 Å². The molecule has 2 unspecified atom stereocenters. The van der Waals surface area contributed by atoms with Gasteiger partial charge in [0.15, 0.2) is 0 Å². The Morgan fingerprint density at radius 1 is 1.50 bits per heavy atom. The zero-order valence-corrected chi connectivity index (χ0v) is 7.40. The van der Waals surface area contributed by atoms with Crippen LogP contribution in [-0.2, 0) is 4.74 Å². The fourth-order valence-electron chi connectivity index (χ4n) is 1.66. The van der Waals surface area contributed by atoms with E-state index in [-0.39, 0.29) is 6.61 Å². The molecule has 1 saturated heterocycles. The average Bonchev–Trinajstić information content (AvgIpc) is 2.30. The summed E-state index contributed by atoms with van der Waals surface area (Å²) in [5, 5.41) is 28.2. The quantitative estimate of drug-likeness (QED) is 0.518. The molecule has 0 aromatic rings. The van der Waals surface area contributed by atoms with E-state index in [1.54, 1.807) is 13.8 Å². The molecule has 4 heteroatoms. The second-order valence-corrected chi connectivity index (χ2v) is 3.29. The van der Waals surface area contributed by atoms with Crippen LogP contribution in [-0.4, -0.2) is 45.8 Å². The minimum absolute atomic E-state index is 0.256. The standard InChI is InChI=1S/C8H16O4/c1-3-8(11)5(2)12-6(4-9)7(8)10/h5-7,9-11H,3-4H2,1-2H3/t5-,6+,7?,8?/m0/s1. The molecule has 0 saturated carbocycles. The molecule has 0 aromatic heterocycles. The SMILES string of the molecule is CCC1(O)C(O)[C@@H](CO)O[C@H]1C. The van der Waals surface area contributed by atoms with E-state index in [4.69, 9.17) is 9.84 Å². The van der Waals surface area contributed by atoms with Gasteiger partial charge < -0.3 is 20.1 Å². The van der Waals surface area contributed by atoms with Gasteiger partial charge in [-0.2, -0.15) is 0 Å². The van der Waals surface area contributed by atoms with Crippen molar-refractivity contribution in [3.8, 4) is 0 Å². The molecule has 0 aromatic carbocycles. The molecule has 1 aliphatic heterocycles. The lowest BCUT2D eigenvalue weighted by Crippen LogP contribution is -2.47. The molecular weight excluding hydrogens is 160 g/mol. The summed E-state index contributed by atoms with van der Waals surface area (Å²) in [6.45, 7) is 3.22. The zero-order valence-electron chi connectivity index (χ0n) is 7.40. The first-order valence-electron chi connectivity index (χ1n) is 4.23. The Morgan fingerprint density at radius 3 is 2.33 bits per heavy atom. The van der Waals surface area contributed by atoms with E-state index in [9.17, 15) is 10.2 Å². The highest BCUT2D eigenvalue weighted by molar-refractivity contribution is 5.00. The topological polar surface area (TPSA) is 69.9 Å². The van der Waals surface area contributed by atoms with Crippen molar-refractivity contribution in [1.82, 2.24) is 0 Å². The van der Waals surface area contributed by atoms with E-state index >= 15 is 0 Å². The van der Waals surface area contributed by atoms with Crippen LogP contribution in [0.15, 0.2) is 0 Å². The second-order valence-electron chi connectivity index (χ2n) is 3.29. The lowest BCUT2D eigenvalue weighted by Gasteiger charge is -2.27. The van der Waals surface area contributed by atoms with Crippen LogP contribution in [0, 0.1) is 0 Å². The normalized spacial score (nSPS) is 48.2. The van der Waals surface area contributed by atoms with Crippen molar-refractivity contribution in [2.24, 2.45) is 0 Å². The minimum Gasteiger partial charge on any atom is -0.394 e. The molecule has 4 atom stereocenters. The number of aliphatic hydroxyl groups is 3. The third kappa shape index (κ3) is 1.25. The Bertz CT molecular complexity index is 161. The van der Waals surface area contributed by atoms with Crippen LogP contribution >= 0.6 is 0 Å². The van der Waals surface area contributed by atoms with Crippen molar-refractivity contribution in [3.63, 3.8) is 0 Å². The van der Waals surface area contributed by atoms with E-state index in [1.807, 2.05) is 0 Å². The zero-order chi connectivity index (χ0) is 9.35.